The van der Waals surface area contributed by atoms with Crippen LogP contribution in [0, 0.1) is 39.0 Å². The van der Waals surface area contributed by atoms with Crippen LogP contribution in [-0.4, -0.2) is 149 Å². The SMILES string of the molecule is Cc1ccc(S(=O)(=O)n2ccc3c(NN4CCCC(C(=O)CCC(F)(F)F)C4)ncnc32)cc1.Cc1ccc(S(=O)(=O)n2ccc3c(NN4CCCC(C(=O)O)C4)ncnc32)cc1.O=C(CCC(F)(F)F)C1CCCN(Nc2ncnc3[nH]ccc23)C1.[CH3-].[W]. The summed E-state index contributed by atoms with van der Waals surface area (Å²) in [4.78, 5) is 63.9. The summed E-state index contributed by atoms with van der Waals surface area (Å²) in [5.74, 6) is -1.47. The van der Waals surface area contributed by atoms with E-state index in [2.05, 4.69) is 51.2 Å². The number of aromatic nitrogens is 9. The van der Waals surface area contributed by atoms with Crippen molar-refractivity contribution in [3.8, 4) is 0 Å². The molecule has 3 saturated heterocycles. The van der Waals surface area contributed by atoms with Crippen LogP contribution in [0.2, 0.25) is 0 Å². The third kappa shape index (κ3) is 17.5. The first-order valence-corrected chi connectivity index (χ1v) is 30.7. The number of nitrogens with zero attached hydrogens (tertiary/aromatic N) is 11. The Bertz CT molecular complexity index is 3970. The molecule has 0 bridgehead atoms. The molecule has 23 nitrogen and oxygen atoms in total. The van der Waals surface area contributed by atoms with Gasteiger partial charge < -0.3 is 33.8 Å². The van der Waals surface area contributed by atoms with Gasteiger partial charge in [-0.25, -0.2) is 69.7 Å². The minimum absolute atomic E-state index is 0. The van der Waals surface area contributed by atoms with Crippen molar-refractivity contribution in [2.75, 3.05) is 55.5 Å². The molecule has 0 spiro atoms. The Kier molecular flexibility index (Phi) is 22.9. The molecule has 0 radical (unpaired) electrons. The van der Waals surface area contributed by atoms with Gasteiger partial charge >= 0.3 is 18.3 Å². The van der Waals surface area contributed by atoms with Crippen LogP contribution in [0.5, 0.6) is 0 Å². The Hall–Kier alpha value is -7.44. The Morgan fingerprint density at radius 2 is 0.921 bits per heavy atom. The molecule has 6 aromatic heterocycles. The molecule has 0 amide bonds. The topological polar surface area (TPSA) is 289 Å². The van der Waals surface area contributed by atoms with Gasteiger partial charge in [0.2, 0.25) is 0 Å². The summed E-state index contributed by atoms with van der Waals surface area (Å²) in [6.07, 6.45) is 0.695. The van der Waals surface area contributed by atoms with Crippen molar-refractivity contribution in [1.82, 2.24) is 57.9 Å². The maximum Gasteiger partial charge on any atom is 0.389 e. The number of H-pyrrole nitrogens is 1. The fourth-order valence-electron chi connectivity index (χ4n) is 10.4. The smallest absolute Gasteiger partial charge is 0.389 e. The second kappa shape index (κ2) is 29.5. The number of alkyl halides is 6. The number of hydrogen-bond acceptors (Lipinski definition) is 19. The van der Waals surface area contributed by atoms with Gasteiger partial charge in [-0.1, -0.05) is 35.4 Å². The number of Topliss-reactive ketones (excluding diaryl/α,β-unsaturated/α-hetero) is 2. The van der Waals surface area contributed by atoms with E-state index in [-0.39, 0.29) is 67.8 Å². The molecule has 3 unspecified atom stereocenters. The quantitative estimate of drug-likeness (QED) is 0.0419. The van der Waals surface area contributed by atoms with E-state index >= 15 is 0 Å². The predicted octanol–water partition coefficient (Wildman–Crippen LogP) is 9.38. The fraction of sp³-hybridized carbons (Fsp3) is 0.404. The molecule has 9 heterocycles. The molecule has 0 aliphatic carbocycles. The molecular formula is C57H66F6N15O8S2W-. The van der Waals surface area contributed by atoms with Gasteiger partial charge in [-0.05, 0) is 94.8 Å². The van der Waals surface area contributed by atoms with Crippen molar-refractivity contribution in [3.63, 3.8) is 0 Å². The molecule has 3 fully saturated rings. The van der Waals surface area contributed by atoms with Crippen LogP contribution in [-0.2, 0) is 55.5 Å². The molecule has 5 N–H and O–H groups in total. The minimum atomic E-state index is -4.36. The first kappa shape index (κ1) is 69.0. The second-order valence-corrected chi connectivity index (χ2v) is 25.1. The van der Waals surface area contributed by atoms with Crippen molar-refractivity contribution < 1.29 is 83.7 Å². The molecule has 3 aliphatic heterocycles. The number of carbonyl (C=O) groups excluding carboxylic acids is 2. The van der Waals surface area contributed by atoms with E-state index in [0.29, 0.717) is 92.3 Å². The summed E-state index contributed by atoms with van der Waals surface area (Å²) in [6, 6.07) is 18.2. The maximum absolute atomic E-state index is 13.1. The van der Waals surface area contributed by atoms with Crippen LogP contribution >= 0.6 is 0 Å². The molecule has 478 valence electrons. The molecule has 11 rings (SSSR count). The van der Waals surface area contributed by atoms with E-state index in [4.69, 9.17) is 0 Å². The number of carboxylic acid groups (broad SMARTS) is 1. The third-order valence-corrected chi connectivity index (χ3v) is 18.4. The van der Waals surface area contributed by atoms with E-state index in [0.717, 1.165) is 37.3 Å². The van der Waals surface area contributed by atoms with Crippen molar-refractivity contribution in [3.05, 3.63) is 123 Å². The van der Waals surface area contributed by atoms with Crippen LogP contribution in [0.15, 0.2) is 114 Å². The molecule has 0 saturated carbocycles. The molecule has 3 atom stereocenters. The van der Waals surface area contributed by atoms with Gasteiger partial charge in [0.15, 0.2) is 28.7 Å². The van der Waals surface area contributed by atoms with E-state index in [1.54, 1.807) is 64.7 Å². The molecule has 8 aromatic rings. The van der Waals surface area contributed by atoms with Gasteiger partial charge in [0.05, 0.1) is 44.7 Å². The van der Waals surface area contributed by atoms with Crippen molar-refractivity contribution in [1.29, 1.82) is 0 Å². The number of halogens is 6. The number of fused-ring (bicyclic) bond motifs is 3. The average molecular weight is 1450 g/mol. The Balaban J connectivity index is 0.000000191. The Morgan fingerprint density at radius 1 is 0.551 bits per heavy atom. The molecule has 32 heteroatoms. The Morgan fingerprint density at radius 3 is 1.31 bits per heavy atom. The van der Waals surface area contributed by atoms with Crippen molar-refractivity contribution >= 4 is 88.1 Å². The fourth-order valence-corrected chi connectivity index (χ4v) is 13.0. The van der Waals surface area contributed by atoms with Crippen molar-refractivity contribution in [2.45, 2.75) is 100 Å². The van der Waals surface area contributed by atoms with E-state index in [9.17, 15) is 62.7 Å². The van der Waals surface area contributed by atoms with Crippen LogP contribution in [0.4, 0.5) is 43.8 Å². The number of ketones is 2. The maximum atomic E-state index is 13.1. The summed E-state index contributed by atoms with van der Waals surface area (Å²) in [5, 5.41) is 16.5. The number of aryl methyl sites for hydroxylation is 2. The number of piperidine rings is 3. The van der Waals surface area contributed by atoms with Crippen LogP contribution in [0.1, 0.15) is 75.3 Å². The number of benzene rings is 2. The average Bonchev–Trinajstić information content (AvgIpc) is 1.83. The standard InChI is InChI=1S/C22H24F3N5O3S.C19H21N5O4S.C15H18F3N5O.CH3.W/c1-15-4-6-17(7-5-15)34(32,33)30-12-9-18-20(26-14-27-21(18)30)28-29-11-2-3-16(13-29)19(31)8-10-22(23,24)25;1-13-4-6-15(7-5-13)29(27,28)24-10-8-16-17(20-12-21-18(16)24)22-23-9-2-3-14(11-23)19(25)26;16-15(17,18)5-3-12(24)10-2-1-7-23(8-10)22-14-11-4-6-19-13(11)20-9-21-14;;/h4-7,9,12,14,16H,2-3,8,10-11,13H2,1H3,(H,26,27,28);4-8,10,12,14H,2-3,9,11H2,1H3,(H,25,26)(H,20,21,22);4,6,9-10H,1-3,5,7-8H2,(H2,19,20,21,22);1H3;/q;;;-1;. The van der Waals surface area contributed by atoms with Gasteiger partial charge in [0.1, 0.15) is 36.2 Å². The van der Waals surface area contributed by atoms with Gasteiger partial charge in [0, 0.05) is 104 Å². The van der Waals surface area contributed by atoms with Crippen molar-refractivity contribution in [2.24, 2.45) is 17.8 Å². The van der Waals surface area contributed by atoms with E-state index < -0.39 is 81.7 Å². The predicted molar refractivity (Wildman–Crippen MR) is 315 cm³/mol. The van der Waals surface area contributed by atoms with Gasteiger partial charge in [-0.3, -0.25) is 14.4 Å². The third-order valence-electron chi connectivity index (χ3n) is 15.0. The van der Waals surface area contributed by atoms with Gasteiger partial charge in [0.25, 0.3) is 20.0 Å². The number of hydrazine groups is 3. The van der Waals surface area contributed by atoms with Gasteiger partial charge in [-0.15, -0.1) is 0 Å². The summed E-state index contributed by atoms with van der Waals surface area (Å²) in [6.45, 7) is 6.68. The largest absolute Gasteiger partial charge is 0.481 e. The zero-order valence-corrected chi connectivity index (χ0v) is 53.1. The zero-order valence-electron chi connectivity index (χ0n) is 48.6. The van der Waals surface area contributed by atoms with Crippen LogP contribution in [0.25, 0.3) is 33.1 Å². The summed E-state index contributed by atoms with van der Waals surface area (Å²) in [5.41, 5.74) is 12.4. The monoisotopic (exact) mass is 1450 g/mol. The molecule has 89 heavy (non-hydrogen) atoms. The summed E-state index contributed by atoms with van der Waals surface area (Å²) < 4.78 is 129. The number of aromatic amines is 1. The number of hydrogen-bond donors (Lipinski definition) is 5. The molecule has 3 aliphatic rings. The number of nitrogens with one attached hydrogen (secondary N) is 4. The number of carboxylic acids is 1. The first-order chi connectivity index (χ1) is 41.3. The van der Waals surface area contributed by atoms with Crippen LogP contribution in [0.3, 0.4) is 0 Å². The zero-order chi connectivity index (χ0) is 62.3. The second-order valence-electron chi connectivity index (χ2n) is 21.4. The van der Waals surface area contributed by atoms with Crippen LogP contribution < -0.4 is 16.3 Å². The van der Waals surface area contributed by atoms with E-state index in [1.165, 1.54) is 43.5 Å². The van der Waals surface area contributed by atoms with E-state index in [1.807, 2.05) is 24.9 Å². The number of rotatable bonds is 17. The summed E-state index contributed by atoms with van der Waals surface area (Å²) >= 11 is 0. The molecular weight excluding hydrogens is 1380 g/mol. The number of anilines is 3. The van der Waals surface area contributed by atoms with Gasteiger partial charge in [-0.2, -0.15) is 26.3 Å². The normalized spacial score (nSPS) is 17.9. The summed E-state index contributed by atoms with van der Waals surface area (Å²) in [7, 11) is -7.68. The first-order valence-electron chi connectivity index (χ1n) is 27.9. The molecule has 2 aromatic carbocycles. The number of aliphatic carboxylic acids is 1. The minimum Gasteiger partial charge on any atom is -0.481 e. The number of carbonyl (C=O) groups is 3. The Labute approximate surface area is 523 Å².